The van der Waals surface area contributed by atoms with Crippen molar-refractivity contribution < 1.29 is 5.11 Å². The summed E-state index contributed by atoms with van der Waals surface area (Å²) in [6.07, 6.45) is 2.05. The lowest BCUT2D eigenvalue weighted by Gasteiger charge is -2.14. The van der Waals surface area contributed by atoms with Crippen LogP contribution in [0.25, 0.3) is 11.3 Å². The van der Waals surface area contributed by atoms with Gasteiger partial charge in [0.15, 0.2) is 0 Å². The zero-order chi connectivity index (χ0) is 18.9. The number of benzene rings is 2. The Hall–Kier alpha value is -2.46. The highest BCUT2D eigenvalue weighted by Crippen LogP contribution is 2.33. The van der Waals surface area contributed by atoms with Crippen molar-refractivity contribution >= 4 is 0 Å². The Morgan fingerprint density at radius 3 is 2.31 bits per heavy atom. The molecule has 4 nitrogen and oxygen atoms in total. The predicted molar refractivity (Wildman–Crippen MR) is 107 cm³/mol. The first kappa shape index (κ1) is 19.9. The van der Waals surface area contributed by atoms with Crippen molar-refractivity contribution in [3.63, 3.8) is 0 Å². The minimum atomic E-state index is -0.537. The summed E-state index contributed by atoms with van der Waals surface area (Å²) in [7, 11) is 0. The van der Waals surface area contributed by atoms with Crippen molar-refractivity contribution in [2.45, 2.75) is 53.1 Å². The van der Waals surface area contributed by atoms with E-state index in [1.54, 1.807) is 0 Å². The fourth-order valence-electron chi connectivity index (χ4n) is 3.02. The lowest BCUT2D eigenvalue weighted by molar-refractivity contribution is 0.179. The van der Waals surface area contributed by atoms with Crippen LogP contribution in [0.4, 0.5) is 0 Å². The van der Waals surface area contributed by atoms with Crippen LogP contribution in [0.15, 0.2) is 48.5 Å². The summed E-state index contributed by atoms with van der Waals surface area (Å²) < 4.78 is 0. The van der Waals surface area contributed by atoms with E-state index in [0.29, 0.717) is 6.42 Å². The average molecular weight is 351 g/mol. The molecule has 0 aliphatic heterocycles. The highest BCUT2D eigenvalue weighted by atomic mass is 16.3. The number of fused-ring (bicyclic) bond motifs is 4. The Morgan fingerprint density at radius 2 is 1.58 bits per heavy atom. The molecule has 0 amide bonds. The Morgan fingerprint density at radius 1 is 0.962 bits per heavy atom. The molecule has 1 aliphatic carbocycles. The first-order chi connectivity index (χ1) is 12.7. The van der Waals surface area contributed by atoms with Crippen LogP contribution in [-0.4, -0.2) is 20.5 Å². The standard InChI is InChI=1S/C17H15N3O.C3H8.C2H6/c21-16-10-12-6-2-1-5-11(12)9-15-17(19-20-18-15)14-8-4-3-7-13(14)16;1-3-2;1-2/h1-8,16,21H,9-10H2,(H,18,19,20);3H2,1-2H3;1-2H3. The van der Waals surface area contributed by atoms with Gasteiger partial charge in [-0.25, -0.2) is 0 Å². The quantitative estimate of drug-likeness (QED) is 0.593. The third-order valence-electron chi connectivity index (χ3n) is 4.08. The third-order valence-corrected chi connectivity index (χ3v) is 4.08. The van der Waals surface area contributed by atoms with E-state index in [2.05, 4.69) is 41.4 Å². The topological polar surface area (TPSA) is 61.8 Å². The summed E-state index contributed by atoms with van der Waals surface area (Å²) in [5.74, 6) is 0. The third kappa shape index (κ3) is 4.38. The van der Waals surface area contributed by atoms with Gasteiger partial charge in [-0.05, 0) is 16.7 Å². The van der Waals surface area contributed by atoms with Crippen LogP contribution in [0, 0.1) is 0 Å². The van der Waals surface area contributed by atoms with Gasteiger partial charge >= 0.3 is 0 Å². The normalized spacial score (nSPS) is 14.6. The second kappa shape index (κ2) is 9.88. The van der Waals surface area contributed by atoms with Crippen molar-refractivity contribution in [2.75, 3.05) is 0 Å². The number of aromatic nitrogens is 3. The minimum Gasteiger partial charge on any atom is -0.388 e. The van der Waals surface area contributed by atoms with E-state index in [-0.39, 0.29) is 0 Å². The molecule has 1 unspecified atom stereocenters. The largest absolute Gasteiger partial charge is 0.388 e. The lowest BCUT2D eigenvalue weighted by atomic mass is 9.95. The number of nitrogens with one attached hydrogen (secondary N) is 1. The maximum absolute atomic E-state index is 10.6. The molecule has 4 rings (SSSR count). The van der Waals surface area contributed by atoms with E-state index in [1.807, 2.05) is 50.2 Å². The molecule has 0 spiro atoms. The van der Waals surface area contributed by atoms with Gasteiger partial charge in [0, 0.05) is 18.4 Å². The molecule has 0 saturated heterocycles. The van der Waals surface area contributed by atoms with Crippen LogP contribution >= 0.6 is 0 Å². The van der Waals surface area contributed by atoms with Crippen molar-refractivity contribution in [1.82, 2.24) is 15.4 Å². The number of aliphatic hydroxyl groups excluding tert-OH is 1. The summed E-state index contributed by atoms with van der Waals surface area (Å²) in [6.45, 7) is 8.25. The number of rotatable bonds is 0. The van der Waals surface area contributed by atoms with Crippen LogP contribution in [0.1, 0.15) is 62.6 Å². The Balaban J connectivity index is 0.000000444. The molecule has 2 N–H and O–H groups in total. The second-order valence-corrected chi connectivity index (χ2v) is 6.08. The number of hydrogen-bond donors (Lipinski definition) is 2. The lowest BCUT2D eigenvalue weighted by Crippen LogP contribution is -2.04. The molecule has 1 aliphatic rings. The maximum Gasteiger partial charge on any atom is 0.116 e. The van der Waals surface area contributed by atoms with Gasteiger partial charge in [0.1, 0.15) is 5.69 Å². The van der Waals surface area contributed by atoms with Crippen LogP contribution in [0.5, 0.6) is 0 Å². The van der Waals surface area contributed by atoms with Gasteiger partial charge in [0.05, 0.1) is 11.8 Å². The zero-order valence-electron chi connectivity index (χ0n) is 16.2. The van der Waals surface area contributed by atoms with Crippen molar-refractivity contribution in [1.29, 1.82) is 0 Å². The first-order valence-corrected chi connectivity index (χ1v) is 9.48. The van der Waals surface area contributed by atoms with E-state index in [4.69, 9.17) is 0 Å². The molecule has 0 radical (unpaired) electrons. The molecule has 0 bridgehead atoms. The number of hydrogen-bond acceptors (Lipinski definition) is 3. The van der Waals surface area contributed by atoms with Crippen molar-refractivity contribution in [3.05, 3.63) is 70.9 Å². The molecule has 3 aromatic rings. The second-order valence-electron chi connectivity index (χ2n) is 6.08. The van der Waals surface area contributed by atoms with E-state index >= 15 is 0 Å². The molecule has 2 aromatic carbocycles. The number of aromatic amines is 1. The number of nitrogens with zero attached hydrogens (tertiary/aromatic N) is 2. The van der Waals surface area contributed by atoms with Crippen LogP contribution in [0.2, 0.25) is 0 Å². The van der Waals surface area contributed by atoms with E-state index in [0.717, 1.165) is 34.5 Å². The van der Waals surface area contributed by atoms with Gasteiger partial charge in [0.2, 0.25) is 0 Å². The van der Waals surface area contributed by atoms with Crippen molar-refractivity contribution in [3.8, 4) is 11.3 Å². The fraction of sp³-hybridized carbons (Fsp3) is 0.364. The SMILES string of the molecule is CC.CCC.OC1Cc2ccccc2Cc2n[nH]nc2-c2ccccc21. The summed E-state index contributed by atoms with van der Waals surface area (Å²) in [5.41, 5.74) is 5.98. The average Bonchev–Trinajstić information content (AvgIpc) is 3.14. The van der Waals surface area contributed by atoms with Crippen LogP contribution in [-0.2, 0) is 12.8 Å². The predicted octanol–water partition coefficient (Wildman–Crippen LogP) is 5.09. The van der Waals surface area contributed by atoms with Gasteiger partial charge in [0.25, 0.3) is 0 Å². The van der Waals surface area contributed by atoms with Crippen LogP contribution in [0.3, 0.4) is 0 Å². The Bertz CT molecular complexity index is 810. The Labute approximate surface area is 156 Å². The number of aliphatic hydroxyl groups is 1. The molecule has 138 valence electrons. The van der Waals surface area contributed by atoms with Gasteiger partial charge in [-0.2, -0.15) is 15.4 Å². The van der Waals surface area contributed by atoms with E-state index in [1.165, 1.54) is 12.0 Å². The highest BCUT2D eigenvalue weighted by Gasteiger charge is 2.22. The molecule has 1 aromatic heterocycles. The van der Waals surface area contributed by atoms with Gasteiger partial charge in [-0.1, -0.05) is 82.6 Å². The van der Waals surface area contributed by atoms with E-state index < -0.39 is 6.10 Å². The Kier molecular flexibility index (Phi) is 7.54. The fourth-order valence-corrected chi connectivity index (χ4v) is 3.02. The number of H-pyrrole nitrogens is 1. The van der Waals surface area contributed by atoms with Gasteiger partial charge in [-0.15, -0.1) is 0 Å². The maximum atomic E-state index is 10.6. The highest BCUT2D eigenvalue weighted by molar-refractivity contribution is 5.67. The van der Waals surface area contributed by atoms with E-state index in [9.17, 15) is 5.11 Å². The molecule has 4 heteroatoms. The summed E-state index contributed by atoms with van der Waals surface area (Å²) in [4.78, 5) is 0. The monoisotopic (exact) mass is 351 g/mol. The first-order valence-electron chi connectivity index (χ1n) is 9.48. The summed E-state index contributed by atoms with van der Waals surface area (Å²) in [5, 5.41) is 22.0. The molecule has 1 heterocycles. The van der Waals surface area contributed by atoms with Crippen LogP contribution < -0.4 is 0 Å². The molecule has 1 atom stereocenters. The molecule has 0 saturated carbocycles. The molecule has 26 heavy (non-hydrogen) atoms. The zero-order valence-corrected chi connectivity index (χ0v) is 16.2. The summed E-state index contributed by atoms with van der Waals surface area (Å²) >= 11 is 0. The molecular weight excluding hydrogens is 322 g/mol. The van der Waals surface area contributed by atoms with Gasteiger partial charge < -0.3 is 5.11 Å². The molecular formula is C22H29N3O. The molecule has 0 fully saturated rings. The van der Waals surface area contributed by atoms with Gasteiger partial charge in [-0.3, -0.25) is 0 Å². The van der Waals surface area contributed by atoms with Crippen molar-refractivity contribution in [2.24, 2.45) is 0 Å². The minimum absolute atomic E-state index is 0.537. The summed E-state index contributed by atoms with van der Waals surface area (Å²) in [6, 6.07) is 16.1. The smallest absolute Gasteiger partial charge is 0.116 e.